The molecule has 25 heteroatoms. The molecule has 4 aromatic rings. The van der Waals surface area contributed by atoms with Crippen molar-refractivity contribution in [3.05, 3.63) is 76.0 Å². The number of rotatable bonds is 31. The molecular weight excluding hydrogens is 1150 g/mol. The molecule has 86 heavy (non-hydrogen) atoms. The predicted molar refractivity (Wildman–Crippen MR) is 320 cm³/mol. The van der Waals surface area contributed by atoms with Crippen molar-refractivity contribution in [2.75, 3.05) is 85.8 Å². The fourth-order valence-electron chi connectivity index (χ4n) is 10.00. The molecule has 2 aliphatic heterocycles. The van der Waals surface area contributed by atoms with Crippen LogP contribution >= 0.6 is 22.7 Å². The number of likely N-dealkylation sites (tertiary alicyclic amines) is 2. The Kier molecular flexibility index (Phi) is 24.1. The quantitative estimate of drug-likeness (QED) is 0.0384. The number of thiazole rings is 2. The largest absolute Gasteiger partial charge is 0.491 e. The van der Waals surface area contributed by atoms with Crippen molar-refractivity contribution < 1.29 is 67.4 Å². The van der Waals surface area contributed by atoms with Gasteiger partial charge in [-0.2, -0.15) is 5.26 Å². The van der Waals surface area contributed by atoms with Crippen molar-refractivity contribution in [3.8, 4) is 32.7 Å². The summed E-state index contributed by atoms with van der Waals surface area (Å²) in [5, 5.41) is 42.3. The number of nitriles is 1. The first-order valence-electron chi connectivity index (χ1n) is 29.1. The second-order valence-corrected chi connectivity index (χ2v) is 25.7. The van der Waals surface area contributed by atoms with Gasteiger partial charge in [-0.15, -0.1) is 22.7 Å². The number of nitrogens with zero attached hydrogens (tertiary/aromatic N) is 5. The molecule has 3 fully saturated rings. The molecule has 0 spiro atoms. The minimum atomic E-state index is -1.14. The Balaban J connectivity index is 0.746. The van der Waals surface area contributed by atoms with E-state index in [0.717, 1.165) is 37.8 Å². The molecule has 2 saturated heterocycles. The van der Waals surface area contributed by atoms with Crippen LogP contribution in [0, 0.1) is 41.4 Å². The maximum absolute atomic E-state index is 14.1. The highest BCUT2D eigenvalue weighted by Gasteiger charge is 2.53. The normalized spacial score (nSPS) is 18.9. The van der Waals surface area contributed by atoms with Gasteiger partial charge in [-0.1, -0.05) is 77.9 Å². The Morgan fingerprint density at radius 2 is 1.10 bits per heavy atom. The number of benzene rings is 2. The first kappa shape index (κ1) is 67.0. The van der Waals surface area contributed by atoms with Gasteiger partial charge in [0.15, 0.2) is 0 Å². The monoisotopic (exact) mass is 1230 g/mol. The van der Waals surface area contributed by atoms with Crippen LogP contribution in [0.2, 0.25) is 0 Å². The van der Waals surface area contributed by atoms with Crippen LogP contribution in [0.4, 0.5) is 0 Å². The van der Waals surface area contributed by atoms with Crippen LogP contribution in [0.25, 0.3) is 20.9 Å². The number of hydrogen-bond acceptors (Lipinski definition) is 19. The van der Waals surface area contributed by atoms with E-state index in [1.807, 2.05) is 77.1 Å². The maximum atomic E-state index is 14.1. The zero-order valence-corrected chi connectivity index (χ0v) is 52.1. The van der Waals surface area contributed by atoms with Crippen molar-refractivity contribution in [1.29, 1.82) is 5.26 Å². The summed E-state index contributed by atoms with van der Waals surface area (Å²) in [5.74, 6) is -2.32. The molecule has 2 aromatic carbocycles. The van der Waals surface area contributed by atoms with Crippen molar-refractivity contribution in [3.63, 3.8) is 0 Å². The van der Waals surface area contributed by atoms with Gasteiger partial charge in [0.05, 0.1) is 110 Å². The van der Waals surface area contributed by atoms with Crippen molar-refractivity contribution in [2.45, 2.75) is 131 Å². The van der Waals surface area contributed by atoms with Gasteiger partial charge in [-0.05, 0) is 60.3 Å². The molecule has 2 aromatic heterocycles. The Morgan fingerprint density at radius 3 is 1.57 bits per heavy atom. The molecule has 7 rings (SSSR count). The van der Waals surface area contributed by atoms with E-state index >= 15 is 0 Å². The summed E-state index contributed by atoms with van der Waals surface area (Å²) in [5.41, 5.74) is 6.24. The van der Waals surface area contributed by atoms with Gasteiger partial charge in [-0.3, -0.25) is 28.8 Å². The van der Waals surface area contributed by atoms with E-state index in [0.29, 0.717) is 57.2 Å². The van der Waals surface area contributed by atoms with Gasteiger partial charge in [0.1, 0.15) is 48.5 Å². The number of ether oxygens (including phenoxy) is 6. The second-order valence-electron chi connectivity index (χ2n) is 24.0. The second kappa shape index (κ2) is 30.9. The molecule has 1 saturated carbocycles. The number of hydrogen-bond donors (Lipinski definition) is 6. The third-order valence-electron chi connectivity index (χ3n) is 15.1. The zero-order valence-electron chi connectivity index (χ0n) is 50.4. The first-order valence-corrected chi connectivity index (χ1v) is 30.8. The number of carbonyl (C=O) groups is 6. The third-order valence-corrected chi connectivity index (χ3v) is 17.1. The molecule has 0 bridgehead atoms. The summed E-state index contributed by atoms with van der Waals surface area (Å²) < 4.78 is 34.4. The highest BCUT2D eigenvalue weighted by atomic mass is 32.1. The highest BCUT2D eigenvalue weighted by Crippen LogP contribution is 2.45. The number of β-amino-alcohol motifs (C(OH)–C–C–N with tert-alkyl or cyclic N) is 2. The van der Waals surface area contributed by atoms with Crippen molar-refractivity contribution in [2.24, 2.45) is 16.2 Å². The average molecular weight is 1230 g/mol. The highest BCUT2D eigenvalue weighted by molar-refractivity contribution is 7.13. The summed E-state index contributed by atoms with van der Waals surface area (Å²) in [6.45, 7) is 17.2. The fraction of sp³-hybridized carbons (Fsp3) is 0.590. The van der Waals surface area contributed by atoms with Crippen LogP contribution in [0.1, 0.15) is 89.7 Å². The van der Waals surface area contributed by atoms with Gasteiger partial charge >= 0.3 is 0 Å². The molecule has 3 aliphatic rings. The standard InChI is InChI=1S/C61H83N9O14S2/c1-38-50(85-36-65-38)41-11-9-40(10-12-41)30-63-54(74)46-28-44(71)32-69(46)56(76)52(59(3,4)5)67-49(73)34-83-24-23-81-20-19-79-17-18-80-21-22-82-25-26-84-48-27-42(51-39(2)66-37-86-51)13-14-43(48)31-64-55(75)47-29-45(72)33-70(47)57(77)53(60(6,7)8)68-58(78)61(35-62)15-16-61/h9-14,27,36-37,44-47,52-53,71-72H,15-26,28-34H2,1-8H3,(H,63,74)(H,64,75)(H,67,73)(H,68,78)/t44-,45-,46+,47+,52-,53-/m1/s1. The number of aryl methyl sites for hydroxylation is 2. The number of aliphatic hydroxyl groups excluding tert-OH is 2. The molecule has 23 nitrogen and oxygen atoms in total. The minimum Gasteiger partial charge on any atom is -0.491 e. The summed E-state index contributed by atoms with van der Waals surface area (Å²) in [4.78, 5) is 94.9. The lowest BCUT2D eigenvalue weighted by molar-refractivity contribution is -0.144. The number of aliphatic hydroxyl groups is 2. The van der Waals surface area contributed by atoms with Crippen LogP contribution in [-0.2, 0) is 65.5 Å². The molecule has 0 radical (unpaired) electrons. The number of amides is 6. The van der Waals surface area contributed by atoms with Gasteiger partial charge in [0, 0.05) is 44.6 Å². The molecule has 1 aliphatic carbocycles. The Hall–Kier alpha value is -6.47. The summed E-state index contributed by atoms with van der Waals surface area (Å²) in [7, 11) is 0. The Bertz CT molecular complexity index is 2990. The van der Waals surface area contributed by atoms with E-state index in [2.05, 4.69) is 37.3 Å². The Labute approximate surface area is 510 Å². The van der Waals surface area contributed by atoms with Gasteiger partial charge in [-0.25, -0.2) is 9.97 Å². The zero-order chi connectivity index (χ0) is 62.2. The lowest BCUT2D eigenvalue weighted by Crippen LogP contribution is -2.58. The van der Waals surface area contributed by atoms with Crippen LogP contribution in [0.15, 0.2) is 53.5 Å². The number of nitrogens with one attached hydrogen (secondary N) is 4. The molecule has 468 valence electrons. The molecule has 6 atom stereocenters. The lowest BCUT2D eigenvalue weighted by Gasteiger charge is -2.35. The van der Waals surface area contributed by atoms with E-state index < -0.39 is 82.2 Å². The lowest BCUT2D eigenvalue weighted by atomic mass is 9.85. The molecule has 4 heterocycles. The van der Waals surface area contributed by atoms with Crippen LogP contribution in [0.5, 0.6) is 5.75 Å². The summed E-state index contributed by atoms with van der Waals surface area (Å²) >= 11 is 3.06. The molecular formula is C61H83N9O14S2. The van der Waals surface area contributed by atoms with Crippen LogP contribution < -0.4 is 26.0 Å². The van der Waals surface area contributed by atoms with Gasteiger partial charge in [0.25, 0.3) is 0 Å². The van der Waals surface area contributed by atoms with Crippen molar-refractivity contribution in [1.82, 2.24) is 41.0 Å². The van der Waals surface area contributed by atoms with Crippen molar-refractivity contribution >= 4 is 58.1 Å². The summed E-state index contributed by atoms with van der Waals surface area (Å²) in [6.07, 6.45) is -0.905. The molecule has 0 unspecified atom stereocenters. The van der Waals surface area contributed by atoms with E-state index in [4.69, 9.17) is 28.4 Å². The van der Waals surface area contributed by atoms with E-state index in [-0.39, 0.29) is 84.6 Å². The van der Waals surface area contributed by atoms with E-state index in [1.54, 1.807) is 43.1 Å². The summed E-state index contributed by atoms with van der Waals surface area (Å²) in [6, 6.07) is 11.6. The van der Waals surface area contributed by atoms with E-state index in [1.165, 1.54) is 21.1 Å². The van der Waals surface area contributed by atoms with Crippen LogP contribution in [-0.4, -0.2) is 188 Å². The Morgan fingerprint density at radius 1 is 0.651 bits per heavy atom. The van der Waals surface area contributed by atoms with Gasteiger partial charge < -0.3 is 69.7 Å². The SMILES string of the molecule is Cc1ncsc1-c1ccc(CNC(=O)[C@@H]2C[C@@H](O)CN2C(=O)[C@@H](NC(=O)COCCOCCOCCOCCOCCOc2cc(-c3scnc3C)ccc2CNC(=O)[C@@H]2C[C@@H](O)CN2C(=O)[C@@H](NC(=O)C2(C#N)CC2)C(C)(C)C)C(C)(C)C)cc1. The topological polar surface area (TPSA) is 302 Å². The smallest absolute Gasteiger partial charge is 0.246 e. The molecule has 6 amide bonds. The minimum absolute atomic E-state index is 0.0194. The first-order chi connectivity index (χ1) is 41.0. The third kappa shape index (κ3) is 18.5. The van der Waals surface area contributed by atoms with Crippen LogP contribution in [0.3, 0.4) is 0 Å². The number of carbonyl (C=O) groups excluding carboxylic acids is 6. The molecule has 6 N–H and O–H groups in total. The average Bonchev–Trinajstić information content (AvgIpc) is 2.16. The van der Waals surface area contributed by atoms with E-state index in [9.17, 15) is 44.2 Å². The number of aromatic nitrogens is 2. The predicted octanol–water partition coefficient (Wildman–Crippen LogP) is 4.23. The van der Waals surface area contributed by atoms with Gasteiger partial charge in [0.2, 0.25) is 35.4 Å². The maximum Gasteiger partial charge on any atom is 0.246 e. The fourth-order valence-corrected chi connectivity index (χ4v) is 11.6.